The summed E-state index contributed by atoms with van der Waals surface area (Å²) in [7, 11) is 0. The Labute approximate surface area is 70.7 Å². The van der Waals surface area contributed by atoms with Crippen molar-refractivity contribution in [2.75, 3.05) is 6.54 Å². The van der Waals surface area contributed by atoms with E-state index in [1.807, 2.05) is 6.08 Å². The van der Waals surface area contributed by atoms with Crippen LogP contribution < -0.4 is 5.73 Å². The summed E-state index contributed by atoms with van der Waals surface area (Å²) in [5.41, 5.74) is 5.93. The molecule has 0 unspecified atom stereocenters. The van der Waals surface area contributed by atoms with Crippen LogP contribution in [0.25, 0.3) is 0 Å². The Balaban J connectivity index is 3.45. The van der Waals surface area contributed by atoms with Crippen LogP contribution in [0.3, 0.4) is 0 Å². The van der Waals surface area contributed by atoms with Gasteiger partial charge in [-0.05, 0) is 37.6 Å². The van der Waals surface area contributed by atoms with Crippen molar-refractivity contribution in [2.45, 2.75) is 39.5 Å². The number of rotatable bonds is 6. The maximum Gasteiger partial charge on any atom is -0.00722 e. The van der Waals surface area contributed by atoms with Crippen molar-refractivity contribution in [3.05, 3.63) is 12.7 Å². The Kier molecular flexibility index (Phi) is 5.22. The highest BCUT2D eigenvalue weighted by atomic mass is 14.5. The summed E-state index contributed by atoms with van der Waals surface area (Å²) in [6.07, 6.45) is 6.75. The monoisotopic (exact) mass is 155 g/mol. The fourth-order valence-corrected chi connectivity index (χ4v) is 1.24. The van der Waals surface area contributed by atoms with Gasteiger partial charge >= 0.3 is 0 Å². The molecule has 1 nitrogen and oxygen atoms in total. The van der Waals surface area contributed by atoms with Crippen molar-refractivity contribution in [3.8, 4) is 0 Å². The Hall–Kier alpha value is -0.300. The molecule has 0 atom stereocenters. The van der Waals surface area contributed by atoms with Gasteiger partial charge < -0.3 is 5.73 Å². The average molecular weight is 155 g/mol. The topological polar surface area (TPSA) is 26.0 Å². The molecule has 0 aliphatic heterocycles. The van der Waals surface area contributed by atoms with Crippen LogP contribution in [0.4, 0.5) is 0 Å². The Morgan fingerprint density at radius 3 is 2.45 bits per heavy atom. The van der Waals surface area contributed by atoms with Crippen LogP contribution in [0.15, 0.2) is 12.7 Å². The third kappa shape index (κ3) is 6.11. The molecule has 0 radical (unpaired) electrons. The van der Waals surface area contributed by atoms with Crippen molar-refractivity contribution in [2.24, 2.45) is 11.1 Å². The molecular weight excluding hydrogens is 134 g/mol. The highest BCUT2D eigenvalue weighted by molar-refractivity contribution is 4.72. The third-order valence-corrected chi connectivity index (χ3v) is 2.08. The molecular formula is C10H21N. The van der Waals surface area contributed by atoms with Crippen molar-refractivity contribution in [1.29, 1.82) is 0 Å². The number of allylic oxidation sites excluding steroid dienone is 1. The van der Waals surface area contributed by atoms with Crippen molar-refractivity contribution in [1.82, 2.24) is 0 Å². The SMILES string of the molecule is C=CCCCC(C)(C)CCN. The van der Waals surface area contributed by atoms with Crippen LogP contribution >= 0.6 is 0 Å². The van der Waals surface area contributed by atoms with Gasteiger partial charge in [0.05, 0.1) is 0 Å². The molecule has 0 amide bonds. The number of hydrogen-bond donors (Lipinski definition) is 1. The summed E-state index contributed by atoms with van der Waals surface area (Å²) in [6, 6.07) is 0. The fourth-order valence-electron chi connectivity index (χ4n) is 1.24. The van der Waals surface area contributed by atoms with E-state index in [0.29, 0.717) is 5.41 Å². The minimum atomic E-state index is 0.428. The first-order valence-corrected chi connectivity index (χ1v) is 4.43. The van der Waals surface area contributed by atoms with Crippen molar-refractivity contribution >= 4 is 0 Å². The molecule has 0 rings (SSSR count). The Morgan fingerprint density at radius 1 is 1.36 bits per heavy atom. The van der Waals surface area contributed by atoms with E-state index in [9.17, 15) is 0 Å². The maximum absolute atomic E-state index is 5.50. The minimum Gasteiger partial charge on any atom is -0.330 e. The lowest BCUT2D eigenvalue weighted by molar-refractivity contribution is 0.305. The molecule has 0 aromatic rings. The molecule has 11 heavy (non-hydrogen) atoms. The largest absolute Gasteiger partial charge is 0.330 e. The first-order valence-electron chi connectivity index (χ1n) is 4.43. The van der Waals surface area contributed by atoms with Crippen molar-refractivity contribution in [3.63, 3.8) is 0 Å². The van der Waals surface area contributed by atoms with Crippen LogP contribution in [0.1, 0.15) is 39.5 Å². The van der Waals surface area contributed by atoms with Gasteiger partial charge in [-0.25, -0.2) is 0 Å². The van der Waals surface area contributed by atoms with E-state index in [4.69, 9.17) is 5.73 Å². The second-order valence-corrected chi connectivity index (χ2v) is 3.88. The van der Waals surface area contributed by atoms with E-state index in [0.717, 1.165) is 19.4 Å². The lowest BCUT2D eigenvalue weighted by Gasteiger charge is -2.23. The molecule has 0 aliphatic rings. The lowest BCUT2D eigenvalue weighted by Crippen LogP contribution is -2.16. The Bertz CT molecular complexity index is 105. The number of unbranched alkanes of at least 4 members (excludes halogenated alkanes) is 1. The first-order chi connectivity index (χ1) is 5.12. The van der Waals surface area contributed by atoms with Gasteiger partial charge in [0.25, 0.3) is 0 Å². The van der Waals surface area contributed by atoms with Gasteiger partial charge in [0.1, 0.15) is 0 Å². The highest BCUT2D eigenvalue weighted by Crippen LogP contribution is 2.26. The molecule has 0 heterocycles. The zero-order valence-electron chi connectivity index (χ0n) is 7.90. The molecule has 1 heteroatoms. The van der Waals surface area contributed by atoms with Gasteiger partial charge in [-0.1, -0.05) is 19.9 Å². The molecule has 0 bridgehead atoms. The molecule has 0 saturated carbocycles. The summed E-state index contributed by atoms with van der Waals surface area (Å²) in [4.78, 5) is 0. The zero-order valence-corrected chi connectivity index (χ0v) is 7.90. The van der Waals surface area contributed by atoms with Gasteiger partial charge in [-0.3, -0.25) is 0 Å². The molecule has 2 N–H and O–H groups in total. The van der Waals surface area contributed by atoms with E-state index in [-0.39, 0.29) is 0 Å². The molecule has 66 valence electrons. The van der Waals surface area contributed by atoms with Crippen LogP contribution in [-0.2, 0) is 0 Å². The summed E-state index contributed by atoms with van der Waals surface area (Å²) in [6.45, 7) is 9.07. The van der Waals surface area contributed by atoms with Crippen LogP contribution in [0, 0.1) is 5.41 Å². The van der Waals surface area contributed by atoms with E-state index in [2.05, 4.69) is 20.4 Å². The lowest BCUT2D eigenvalue weighted by atomic mass is 9.84. The molecule has 0 spiro atoms. The average Bonchev–Trinajstić information content (AvgIpc) is 1.87. The fraction of sp³-hybridized carbons (Fsp3) is 0.800. The second-order valence-electron chi connectivity index (χ2n) is 3.88. The highest BCUT2D eigenvalue weighted by Gasteiger charge is 2.14. The van der Waals surface area contributed by atoms with E-state index < -0.39 is 0 Å². The molecule has 0 fully saturated rings. The summed E-state index contributed by atoms with van der Waals surface area (Å²) >= 11 is 0. The maximum atomic E-state index is 5.50. The van der Waals surface area contributed by atoms with Crippen molar-refractivity contribution < 1.29 is 0 Å². The Morgan fingerprint density at radius 2 is 2.00 bits per heavy atom. The van der Waals surface area contributed by atoms with Gasteiger partial charge in [0.15, 0.2) is 0 Å². The molecule has 0 aromatic carbocycles. The predicted octanol–water partition coefficient (Wildman–Crippen LogP) is 2.72. The normalized spacial score (nSPS) is 11.5. The van der Waals surface area contributed by atoms with Crippen LogP contribution in [-0.4, -0.2) is 6.54 Å². The number of hydrogen-bond acceptors (Lipinski definition) is 1. The van der Waals surface area contributed by atoms with Gasteiger partial charge in [-0.2, -0.15) is 0 Å². The minimum absolute atomic E-state index is 0.428. The van der Waals surface area contributed by atoms with E-state index in [1.165, 1.54) is 12.8 Å². The van der Waals surface area contributed by atoms with Crippen LogP contribution in [0.5, 0.6) is 0 Å². The smallest absolute Gasteiger partial charge is 0.00722 e. The second kappa shape index (κ2) is 5.36. The summed E-state index contributed by atoms with van der Waals surface area (Å²) in [5.74, 6) is 0. The van der Waals surface area contributed by atoms with Crippen LogP contribution in [0.2, 0.25) is 0 Å². The standard InChI is InChI=1S/C10H21N/c1-4-5-6-7-10(2,3)8-9-11/h4H,1,5-9,11H2,2-3H3. The first kappa shape index (κ1) is 10.7. The molecule has 0 aliphatic carbocycles. The quantitative estimate of drug-likeness (QED) is 0.463. The van der Waals surface area contributed by atoms with Gasteiger partial charge in [0, 0.05) is 0 Å². The van der Waals surface area contributed by atoms with Gasteiger partial charge in [-0.15, -0.1) is 6.58 Å². The molecule has 0 saturated heterocycles. The summed E-state index contributed by atoms with van der Waals surface area (Å²) < 4.78 is 0. The predicted molar refractivity (Wildman–Crippen MR) is 51.5 cm³/mol. The number of nitrogens with two attached hydrogens (primary N) is 1. The van der Waals surface area contributed by atoms with E-state index in [1.54, 1.807) is 0 Å². The molecule has 0 aromatic heterocycles. The third-order valence-electron chi connectivity index (χ3n) is 2.08. The van der Waals surface area contributed by atoms with Gasteiger partial charge in [0.2, 0.25) is 0 Å². The summed E-state index contributed by atoms with van der Waals surface area (Å²) in [5, 5.41) is 0. The zero-order chi connectivity index (χ0) is 8.74. The van der Waals surface area contributed by atoms with E-state index >= 15 is 0 Å².